The molecule has 0 unspecified atom stereocenters. The second-order valence-electron chi connectivity index (χ2n) is 27.1. The van der Waals surface area contributed by atoms with E-state index in [2.05, 4.69) is 278 Å². The summed E-state index contributed by atoms with van der Waals surface area (Å²) in [5, 5.41) is 5.71. The van der Waals surface area contributed by atoms with Crippen LogP contribution >= 0.6 is 22.6 Å². The number of ketones is 1. The minimum Gasteiger partial charge on any atom is -0.354 e. The number of hydrogen-bond donors (Lipinski definition) is 3. The van der Waals surface area contributed by atoms with E-state index in [1.54, 1.807) is 0 Å². The normalized spacial score (nSPS) is 15.9. The third-order valence-electron chi connectivity index (χ3n) is 14.9. The van der Waals surface area contributed by atoms with Crippen molar-refractivity contribution in [1.29, 1.82) is 0 Å². The van der Waals surface area contributed by atoms with E-state index in [1.165, 1.54) is 33.4 Å². The summed E-state index contributed by atoms with van der Waals surface area (Å²) >= 11 is 2.38. The van der Waals surface area contributed by atoms with Gasteiger partial charge in [-0.05, 0) is 159 Å². The molecule has 3 N–H and O–H groups in total. The lowest BCUT2D eigenvalue weighted by molar-refractivity contribution is -0.111. The first-order valence-corrected chi connectivity index (χ1v) is 27.5. The molecule has 0 fully saturated rings. The van der Waals surface area contributed by atoms with E-state index in [0.29, 0.717) is 5.70 Å². The van der Waals surface area contributed by atoms with Crippen LogP contribution in [-0.2, 0) is 37.3 Å². The number of halogens is 1. The number of aliphatic imine (C=N–C) groups is 1. The van der Waals surface area contributed by atoms with Crippen LogP contribution in [0.25, 0.3) is 22.3 Å². The molecule has 0 saturated heterocycles. The molecule has 3 aliphatic rings. The van der Waals surface area contributed by atoms with Gasteiger partial charge in [-0.3, -0.25) is 4.79 Å². The standard InChI is InChI=1S/C68H77IN4O/c1-63(2,3)43-29-40(30-44(35-43)64(4,5)6)59-52-25-23-50(70-52)58(39-19-21-49(69)22-20-39)51-24-26-54(71-51)60(41-31-45(65(7,8)9)36-46(32-41)66(10,11)12)56-38-57(74)62(73-56)61(55-28-27-53(59)72-55)42-33-47(67(13,14)15)37-48(34-42)68(16,17)18/h19-38,71-73H,1-18H3. The fourth-order valence-electron chi connectivity index (χ4n) is 10.1. The Kier molecular flexibility index (Phi) is 13.1. The van der Waals surface area contributed by atoms with Gasteiger partial charge < -0.3 is 15.3 Å². The molecule has 0 aliphatic carbocycles. The zero-order valence-electron chi connectivity index (χ0n) is 47.3. The minimum atomic E-state index is -0.162. The van der Waals surface area contributed by atoms with Crippen LogP contribution in [0.5, 0.6) is 0 Å². The van der Waals surface area contributed by atoms with Crippen molar-refractivity contribution in [3.8, 4) is 0 Å². The zero-order valence-corrected chi connectivity index (χ0v) is 49.4. The Morgan fingerprint density at radius 2 is 0.797 bits per heavy atom. The van der Waals surface area contributed by atoms with Crippen LogP contribution < -0.4 is 16.0 Å². The van der Waals surface area contributed by atoms with Crippen LogP contribution in [0.2, 0.25) is 0 Å². The summed E-state index contributed by atoms with van der Waals surface area (Å²) in [6.07, 6.45) is 6.19. The van der Waals surface area contributed by atoms with Gasteiger partial charge in [0.05, 0.1) is 22.8 Å². The van der Waals surface area contributed by atoms with Crippen LogP contribution in [0.4, 0.5) is 0 Å². The molecule has 0 atom stereocenters. The summed E-state index contributed by atoms with van der Waals surface area (Å²) in [7, 11) is 0. The average molecular weight is 1090 g/mol. The average Bonchev–Trinajstić information content (AvgIpc) is 4.13. The number of fused-ring (bicyclic) bond motifs is 7. The van der Waals surface area contributed by atoms with E-state index in [9.17, 15) is 0 Å². The molecule has 5 heterocycles. The maximum absolute atomic E-state index is 15.4. The van der Waals surface area contributed by atoms with Gasteiger partial charge in [-0.2, -0.15) is 0 Å². The molecule has 0 amide bonds. The molecular weight excluding hydrogens is 1020 g/mol. The molecule has 0 saturated carbocycles. The first kappa shape index (κ1) is 52.9. The molecule has 0 radical (unpaired) electrons. The molecule has 5 nitrogen and oxygen atoms in total. The highest BCUT2D eigenvalue weighted by Crippen LogP contribution is 2.42. The SMILES string of the molecule is CC(C)(C)c1cc(C2=C3C=CC(=N3)C(c3ccc(I)cc3)=c3ccc([nH]3)=C(c3cc(C(C)(C)C)cc(C(C)(C)C)c3)C3=CC(=O)C(=C(c4cc(C(C)(C)C)cc(C(C)(C)C)c4)c4ccc2[nH]4)N3)cc(C(C)(C)C)c1. The highest BCUT2D eigenvalue weighted by atomic mass is 127. The summed E-state index contributed by atoms with van der Waals surface area (Å²) in [6.45, 7) is 41.0. The first-order valence-electron chi connectivity index (χ1n) is 26.4. The molecule has 2 aromatic heterocycles. The monoisotopic (exact) mass is 1090 g/mol. The van der Waals surface area contributed by atoms with E-state index >= 15 is 4.79 Å². The largest absolute Gasteiger partial charge is 0.354 e. The quantitative estimate of drug-likeness (QED) is 0.154. The predicted octanol–water partition coefficient (Wildman–Crippen LogP) is 15.4. The van der Waals surface area contributed by atoms with Gasteiger partial charge in [0.15, 0.2) is 0 Å². The third-order valence-corrected chi connectivity index (χ3v) is 15.6. The Balaban J connectivity index is 1.47. The summed E-state index contributed by atoms with van der Waals surface area (Å²) in [5.41, 5.74) is 19.2. The van der Waals surface area contributed by atoms with Crippen LogP contribution in [0, 0.1) is 3.57 Å². The number of aromatic amines is 2. The van der Waals surface area contributed by atoms with Crippen LogP contribution in [0.1, 0.15) is 192 Å². The second kappa shape index (κ2) is 18.4. The van der Waals surface area contributed by atoms with E-state index in [4.69, 9.17) is 4.99 Å². The van der Waals surface area contributed by atoms with Crippen molar-refractivity contribution in [2.75, 3.05) is 0 Å². The predicted molar refractivity (Wildman–Crippen MR) is 321 cm³/mol. The molecule has 74 heavy (non-hydrogen) atoms. The van der Waals surface area contributed by atoms with Crippen molar-refractivity contribution in [2.45, 2.75) is 157 Å². The number of H-pyrrole nitrogens is 2. The van der Waals surface area contributed by atoms with Gasteiger partial charge in [0, 0.05) is 54.0 Å². The topological polar surface area (TPSA) is 73.0 Å². The van der Waals surface area contributed by atoms with E-state index in [0.717, 1.165) is 87.3 Å². The number of aromatic nitrogens is 2. The van der Waals surface area contributed by atoms with Crippen LogP contribution in [0.15, 0.2) is 143 Å². The first-order chi connectivity index (χ1) is 34.2. The Bertz CT molecular complexity index is 3470. The lowest BCUT2D eigenvalue weighted by Gasteiger charge is -2.27. The number of nitrogens with one attached hydrogen (secondary N) is 3. The van der Waals surface area contributed by atoms with E-state index in [1.807, 2.05) is 6.08 Å². The summed E-state index contributed by atoms with van der Waals surface area (Å²) < 4.78 is 1.16. The number of benzene rings is 4. The fourth-order valence-corrected chi connectivity index (χ4v) is 10.4. The van der Waals surface area contributed by atoms with Crippen LogP contribution in [-0.4, -0.2) is 21.5 Å². The Labute approximate surface area is 455 Å². The van der Waals surface area contributed by atoms with E-state index < -0.39 is 0 Å². The molecule has 4 aromatic carbocycles. The number of hydrogen-bond acceptors (Lipinski definition) is 3. The van der Waals surface area contributed by atoms with Crippen LogP contribution in [0.3, 0.4) is 0 Å². The maximum atomic E-state index is 15.4. The second-order valence-corrected chi connectivity index (χ2v) is 28.4. The lowest BCUT2D eigenvalue weighted by Crippen LogP contribution is -2.23. The van der Waals surface area contributed by atoms with Gasteiger partial charge in [0.1, 0.15) is 0 Å². The molecule has 6 heteroatoms. The van der Waals surface area contributed by atoms with Crippen molar-refractivity contribution < 1.29 is 4.79 Å². The Hall–Kier alpha value is -5.99. The Morgan fingerprint density at radius 3 is 1.23 bits per heavy atom. The highest BCUT2D eigenvalue weighted by molar-refractivity contribution is 14.1. The molecule has 9 rings (SSSR count). The number of allylic oxidation sites excluding steroid dienone is 4. The molecular formula is C68H77IN4O. The van der Waals surface area contributed by atoms with Gasteiger partial charge in [-0.25, -0.2) is 4.99 Å². The fraction of sp³-hybridized carbons (Fsp3) is 0.353. The molecule has 6 aromatic rings. The molecule has 8 bridgehead atoms. The summed E-state index contributed by atoms with van der Waals surface area (Å²) in [6, 6.07) is 38.5. The lowest BCUT2D eigenvalue weighted by atomic mass is 9.78. The van der Waals surface area contributed by atoms with Crippen molar-refractivity contribution in [1.82, 2.24) is 15.3 Å². The highest BCUT2D eigenvalue weighted by Gasteiger charge is 2.33. The third kappa shape index (κ3) is 10.5. The number of carbonyl (C=O) groups excluding carboxylic acids is 1. The van der Waals surface area contributed by atoms with E-state index in [-0.39, 0.29) is 38.3 Å². The van der Waals surface area contributed by atoms with Crippen molar-refractivity contribution in [3.05, 3.63) is 220 Å². The summed E-state index contributed by atoms with van der Waals surface area (Å²) in [5.74, 6) is -0.0776. The minimum absolute atomic E-state index is 0.0776. The Morgan fingerprint density at radius 1 is 0.405 bits per heavy atom. The van der Waals surface area contributed by atoms with Crippen molar-refractivity contribution in [2.24, 2.45) is 4.99 Å². The number of rotatable bonds is 4. The molecule has 0 spiro atoms. The van der Waals surface area contributed by atoms with Crippen molar-refractivity contribution in [3.63, 3.8) is 0 Å². The van der Waals surface area contributed by atoms with Gasteiger partial charge in [0.25, 0.3) is 0 Å². The summed E-state index contributed by atoms with van der Waals surface area (Å²) in [4.78, 5) is 29.0. The maximum Gasteiger partial charge on any atom is 0.204 e. The molecule has 382 valence electrons. The van der Waals surface area contributed by atoms with Gasteiger partial charge in [-0.1, -0.05) is 191 Å². The zero-order chi connectivity index (χ0) is 53.8. The van der Waals surface area contributed by atoms with Gasteiger partial charge in [-0.15, -0.1) is 0 Å². The number of nitrogens with zero attached hydrogens (tertiary/aromatic N) is 1. The van der Waals surface area contributed by atoms with Gasteiger partial charge >= 0.3 is 0 Å². The number of carbonyl (C=O) groups is 1. The molecule has 3 aliphatic heterocycles. The smallest absolute Gasteiger partial charge is 0.204 e. The van der Waals surface area contributed by atoms with Gasteiger partial charge in [0.2, 0.25) is 5.78 Å². The van der Waals surface area contributed by atoms with Crippen molar-refractivity contribution >= 4 is 56.4 Å².